The summed E-state index contributed by atoms with van der Waals surface area (Å²) in [5.41, 5.74) is 0. The highest BCUT2D eigenvalue weighted by molar-refractivity contribution is 4.88. The summed E-state index contributed by atoms with van der Waals surface area (Å²) < 4.78 is 21.3. The van der Waals surface area contributed by atoms with Crippen LogP contribution < -0.4 is 0 Å². The van der Waals surface area contributed by atoms with Gasteiger partial charge >= 0.3 is 0 Å². The maximum atomic E-state index is 7.11. The molecule has 0 N–H and O–H groups in total. The van der Waals surface area contributed by atoms with Gasteiger partial charge in [-0.05, 0) is 19.2 Å². The highest BCUT2D eigenvalue weighted by Gasteiger charge is 1.84. The molecular formula is C5H8. The molecule has 0 amide bonds. The van der Waals surface area contributed by atoms with Gasteiger partial charge in [-0.1, -0.05) is 12.2 Å². The molecule has 5 heavy (non-hydrogen) atoms. The fourth-order valence-electron chi connectivity index (χ4n) is 0.321. The van der Waals surface area contributed by atoms with Crippen molar-refractivity contribution < 1.29 is 4.11 Å². The first-order valence-corrected chi connectivity index (χ1v) is 1.67. The topological polar surface area (TPSA) is 0 Å². The van der Waals surface area contributed by atoms with Gasteiger partial charge < -0.3 is 0 Å². The van der Waals surface area contributed by atoms with Crippen LogP contribution in [-0.2, 0) is 0 Å². The molecule has 0 aliphatic heterocycles. The lowest BCUT2D eigenvalue weighted by atomic mass is 10.4. The summed E-state index contributed by atoms with van der Waals surface area (Å²) in [5.74, 6) is 0. The quantitative estimate of drug-likeness (QED) is 0.381. The lowest BCUT2D eigenvalue weighted by molar-refractivity contribution is 0.929. The van der Waals surface area contributed by atoms with E-state index in [9.17, 15) is 0 Å². The summed E-state index contributed by atoms with van der Waals surface area (Å²) in [4.78, 5) is 0. The molecule has 0 unspecified atom stereocenters. The molecule has 0 saturated carbocycles. The average Bonchev–Trinajstić information content (AvgIpc) is 1.98. The zero-order chi connectivity index (χ0) is 6.15. The predicted octanol–water partition coefficient (Wildman–Crippen LogP) is 1.73. The van der Waals surface area contributed by atoms with Gasteiger partial charge in [0.05, 0.1) is 0 Å². The number of rotatable bonds is 0. The summed E-state index contributed by atoms with van der Waals surface area (Å²) in [5, 5.41) is 0. The van der Waals surface area contributed by atoms with Gasteiger partial charge in [0.1, 0.15) is 0 Å². The third-order valence-corrected chi connectivity index (χ3v) is 0.556. The minimum Gasteiger partial charge on any atom is -0.0885 e. The van der Waals surface area contributed by atoms with Crippen molar-refractivity contribution in [2.45, 2.75) is 19.2 Å². The lowest BCUT2D eigenvalue weighted by Crippen LogP contribution is -1.50. The summed E-state index contributed by atoms with van der Waals surface area (Å²) in [6.45, 7) is 0. The van der Waals surface area contributed by atoms with E-state index in [1.807, 2.05) is 0 Å². The van der Waals surface area contributed by atoms with Gasteiger partial charge in [0, 0.05) is 4.11 Å². The van der Waals surface area contributed by atoms with E-state index in [2.05, 4.69) is 0 Å². The van der Waals surface area contributed by atoms with Crippen molar-refractivity contribution in [3.8, 4) is 0 Å². The van der Waals surface area contributed by atoms with E-state index in [1.54, 1.807) is 12.2 Å². The van der Waals surface area contributed by atoms with Crippen LogP contribution in [-0.4, -0.2) is 0 Å². The third kappa shape index (κ3) is 0.504. The maximum Gasteiger partial charge on any atom is 0.0310 e. The Morgan fingerprint density at radius 3 is 2.20 bits per heavy atom. The Kier molecular flexibility index (Phi) is 0.277. The Bertz CT molecular complexity index is 98.2. The summed E-state index contributed by atoms with van der Waals surface area (Å²) >= 11 is 0. The highest BCUT2D eigenvalue weighted by atomic mass is 13.9. The lowest BCUT2D eigenvalue weighted by Gasteiger charge is -1.69. The number of hydrogen-bond acceptors (Lipinski definition) is 0. The molecule has 0 heterocycles. The molecule has 0 nitrogen and oxygen atoms in total. The van der Waals surface area contributed by atoms with Gasteiger partial charge in [0.15, 0.2) is 0 Å². The van der Waals surface area contributed by atoms with Crippen LogP contribution >= 0.6 is 0 Å². The van der Waals surface area contributed by atoms with Crippen LogP contribution in [0.3, 0.4) is 0 Å². The molecule has 1 aliphatic rings. The zero-order valence-corrected chi connectivity index (χ0v) is 2.89. The Balaban J connectivity index is 2.55. The van der Waals surface area contributed by atoms with Gasteiger partial charge in [0.2, 0.25) is 0 Å². The first-order chi connectivity index (χ1) is 3.72. The highest BCUT2D eigenvalue weighted by Crippen LogP contribution is 2.05. The van der Waals surface area contributed by atoms with Crippen molar-refractivity contribution in [2.75, 3.05) is 0 Å². The third-order valence-electron chi connectivity index (χ3n) is 0.556. The first kappa shape index (κ1) is 1.11. The molecular weight excluding hydrogens is 60.1 g/mol. The molecule has 1 aliphatic carbocycles. The van der Waals surface area contributed by atoms with Crippen molar-refractivity contribution in [3.05, 3.63) is 12.2 Å². The second kappa shape index (κ2) is 1.25. The number of hydrogen-bond donors (Lipinski definition) is 0. The van der Waals surface area contributed by atoms with Gasteiger partial charge in [-0.3, -0.25) is 0 Å². The molecule has 0 aromatic carbocycles. The molecule has 0 aromatic rings. The molecule has 2 atom stereocenters. The van der Waals surface area contributed by atoms with E-state index >= 15 is 0 Å². The van der Waals surface area contributed by atoms with Crippen molar-refractivity contribution in [2.24, 2.45) is 0 Å². The first-order valence-electron chi connectivity index (χ1n) is 3.40. The van der Waals surface area contributed by atoms with E-state index in [1.165, 1.54) is 0 Å². The molecule has 0 fully saturated rings. The van der Waals surface area contributed by atoms with Crippen molar-refractivity contribution in [3.63, 3.8) is 0 Å². The van der Waals surface area contributed by atoms with Crippen LogP contribution in [0.25, 0.3) is 0 Å². The van der Waals surface area contributed by atoms with Gasteiger partial charge in [-0.25, -0.2) is 0 Å². The van der Waals surface area contributed by atoms with Crippen LogP contribution in [0.1, 0.15) is 23.3 Å². The van der Waals surface area contributed by atoms with Gasteiger partial charge in [0.25, 0.3) is 0 Å². The Morgan fingerprint density at radius 2 is 2.00 bits per heavy atom. The van der Waals surface area contributed by atoms with Crippen molar-refractivity contribution in [1.29, 1.82) is 0 Å². The van der Waals surface area contributed by atoms with Gasteiger partial charge in [-0.2, -0.15) is 0 Å². The minimum absolute atomic E-state index is 0.461. The summed E-state index contributed by atoms with van der Waals surface area (Å²) in [6, 6.07) is 0. The standard InChI is InChI=1S/C5H8/c1-2-4-5-3-1/h1-2H,3-5H2/i3D,4D,5D/t3-,4-/m0/s1. The summed E-state index contributed by atoms with van der Waals surface area (Å²) in [7, 11) is 0. The number of allylic oxidation sites excluding steroid dienone is 2. The van der Waals surface area contributed by atoms with Crippen molar-refractivity contribution >= 4 is 0 Å². The van der Waals surface area contributed by atoms with Crippen LogP contribution in [0.5, 0.6) is 0 Å². The second-order valence-corrected chi connectivity index (χ2v) is 0.962. The van der Waals surface area contributed by atoms with E-state index < -0.39 is 19.2 Å². The summed E-state index contributed by atoms with van der Waals surface area (Å²) in [6.07, 6.45) is 1.75. The zero-order valence-electron chi connectivity index (χ0n) is 5.89. The van der Waals surface area contributed by atoms with Crippen LogP contribution in [0.2, 0.25) is 0 Å². The SMILES string of the molecule is [2H]C1[C@@H]([2H])C=C[C@@H]1[2H]. The van der Waals surface area contributed by atoms with E-state index in [0.29, 0.717) is 0 Å². The van der Waals surface area contributed by atoms with Gasteiger partial charge in [-0.15, -0.1) is 0 Å². The minimum atomic E-state index is -0.546. The molecule has 0 heteroatoms. The van der Waals surface area contributed by atoms with Crippen molar-refractivity contribution in [1.82, 2.24) is 0 Å². The molecule has 0 spiro atoms. The molecule has 1 rings (SSSR count). The largest absolute Gasteiger partial charge is 0.0885 e. The fourth-order valence-corrected chi connectivity index (χ4v) is 0.321. The average molecular weight is 71.1 g/mol. The van der Waals surface area contributed by atoms with E-state index in [4.69, 9.17) is 4.11 Å². The Hall–Kier alpha value is -0.260. The molecule has 0 aromatic heterocycles. The fraction of sp³-hybridized carbons (Fsp3) is 0.600. The Labute approximate surface area is 36.7 Å². The van der Waals surface area contributed by atoms with E-state index in [0.717, 1.165) is 0 Å². The molecule has 0 bridgehead atoms. The van der Waals surface area contributed by atoms with Crippen LogP contribution in [0.4, 0.5) is 0 Å². The normalized spacial score (nSPS) is 62.8. The van der Waals surface area contributed by atoms with Crippen LogP contribution in [0.15, 0.2) is 12.2 Å². The predicted molar refractivity (Wildman–Crippen MR) is 23.0 cm³/mol. The van der Waals surface area contributed by atoms with Crippen LogP contribution in [0, 0.1) is 0 Å². The monoisotopic (exact) mass is 71.1 g/mol. The van der Waals surface area contributed by atoms with E-state index in [-0.39, 0.29) is 0 Å². The molecule has 0 saturated heterocycles. The second-order valence-electron chi connectivity index (χ2n) is 0.962. The maximum absolute atomic E-state index is 7.11. The smallest absolute Gasteiger partial charge is 0.0310 e. The molecule has 28 valence electrons. The molecule has 0 radical (unpaired) electrons. The Morgan fingerprint density at radius 1 is 1.40 bits per heavy atom.